The standard InChI is InChI=1S/C13H17F2NO3.ClH/c1-7(16)13(17)19-9(3)8(2)18-12-6-10(14)4-5-11(12)15;/h4-9H,16H2,1-3H3;1H/t7-,8+,9-;/m0./s1. The summed E-state index contributed by atoms with van der Waals surface area (Å²) in [6.45, 7) is 4.67. The van der Waals surface area contributed by atoms with Gasteiger partial charge in [-0.3, -0.25) is 4.79 Å². The van der Waals surface area contributed by atoms with Crippen molar-refractivity contribution in [3.05, 3.63) is 29.8 Å². The van der Waals surface area contributed by atoms with Crippen LogP contribution < -0.4 is 10.5 Å². The SMILES string of the molecule is C[C@H](N)C(=O)O[C@@H](C)[C@@H](C)Oc1cc(F)ccc1F.Cl. The van der Waals surface area contributed by atoms with Crippen LogP contribution in [0.25, 0.3) is 0 Å². The number of hydrogen-bond acceptors (Lipinski definition) is 4. The topological polar surface area (TPSA) is 61.6 Å². The highest BCUT2D eigenvalue weighted by Gasteiger charge is 2.21. The first-order valence-corrected chi connectivity index (χ1v) is 5.89. The first-order valence-electron chi connectivity index (χ1n) is 5.89. The summed E-state index contributed by atoms with van der Waals surface area (Å²) < 4.78 is 36.6. The smallest absolute Gasteiger partial charge is 0.323 e. The number of rotatable bonds is 5. The Balaban J connectivity index is 0.00000361. The average Bonchev–Trinajstić information content (AvgIpc) is 2.33. The summed E-state index contributed by atoms with van der Waals surface area (Å²) in [5.74, 6) is -2.10. The van der Waals surface area contributed by atoms with Gasteiger partial charge >= 0.3 is 5.97 Å². The van der Waals surface area contributed by atoms with Crippen LogP contribution in [0.1, 0.15) is 20.8 Å². The largest absolute Gasteiger partial charge is 0.484 e. The molecular weight excluding hydrogens is 292 g/mol. The molecule has 0 spiro atoms. The molecule has 0 unspecified atom stereocenters. The Bertz CT molecular complexity index is 457. The lowest BCUT2D eigenvalue weighted by atomic mass is 10.2. The summed E-state index contributed by atoms with van der Waals surface area (Å²) >= 11 is 0. The van der Waals surface area contributed by atoms with Crippen LogP contribution in [0.3, 0.4) is 0 Å². The van der Waals surface area contributed by atoms with E-state index < -0.39 is 35.9 Å². The monoisotopic (exact) mass is 309 g/mol. The fourth-order valence-electron chi connectivity index (χ4n) is 1.25. The zero-order valence-electron chi connectivity index (χ0n) is 11.4. The molecule has 2 N–H and O–H groups in total. The lowest BCUT2D eigenvalue weighted by Crippen LogP contribution is -2.37. The molecule has 1 rings (SSSR count). The molecule has 0 aliphatic carbocycles. The summed E-state index contributed by atoms with van der Waals surface area (Å²) in [7, 11) is 0. The summed E-state index contributed by atoms with van der Waals surface area (Å²) in [4.78, 5) is 11.3. The zero-order valence-corrected chi connectivity index (χ0v) is 12.2. The number of benzene rings is 1. The summed E-state index contributed by atoms with van der Waals surface area (Å²) in [6.07, 6.45) is -1.28. The normalized spacial score (nSPS) is 14.7. The second-order valence-corrected chi connectivity index (χ2v) is 4.33. The van der Waals surface area contributed by atoms with Crippen molar-refractivity contribution in [2.75, 3.05) is 0 Å². The number of nitrogens with two attached hydrogens (primary N) is 1. The van der Waals surface area contributed by atoms with Gasteiger partial charge in [-0.05, 0) is 32.9 Å². The van der Waals surface area contributed by atoms with Crippen molar-refractivity contribution < 1.29 is 23.0 Å². The molecule has 4 nitrogen and oxygen atoms in total. The number of ether oxygens (including phenoxy) is 2. The third-order valence-electron chi connectivity index (χ3n) is 2.54. The van der Waals surface area contributed by atoms with E-state index in [9.17, 15) is 13.6 Å². The first-order chi connectivity index (χ1) is 8.81. The van der Waals surface area contributed by atoms with Gasteiger partial charge in [-0.2, -0.15) is 0 Å². The third-order valence-corrected chi connectivity index (χ3v) is 2.54. The molecule has 3 atom stereocenters. The molecule has 0 aliphatic heterocycles. The van der Waals surface area contributed by atoms with Crippen LogP contribution >= 0.6 is 12.4 Å². The van der Waals surface area contributed by atoms with Gasteiger partial charge in [-0.15, -0.1) is 12.4 Å². The van der Waals surface area contributed by atoms with Crippen LogP contribution in [0.4, 0.5) is 8.78 Å². The van der Waals surface area contributed by atoms with Gasteiger partial charge in [0.25, 0.3) is 0 Å². The molecule has 0 aliphatic rings. The van der Waals surface area contributed by atoms with E-state index >= 15 is 0 Å². The van der Waals surface area contributed by atoms with Crippen molar-refractivity contribution in [2.45, 2.75) is 39.0 Å². The molecular formula is C13H18ClF2NO3. The Hall–Kier alpha value is -1.40. The van der Waals surface area contributed by atoms with Crippen molar-refractivity contribution in [1.82, 2.24) is 0 Å². The lowest BCUT2D eigenvalue weighted by Gasteiger charge is -2.22. The van der Waals surface area contributed by atoms with Crippen molar-refractivity contribution in [2.24, 2.45) is 5.73 Å². The molecule has 1 aromatic rings. The van der Waals surface area contributed by atoms with Crippen LogP contribution in [0.2, 0.25) is 0 Å². The quantitative estimate of drug-likeness (QED) is 0.849. The van der Waals surface area contributed by atoms with Crippen molar-refractivity contribution >= 4 is 18.4 Å². The highest BCUT2D eigenvalue weighted by atomic mass is 35.5. The zero-order chi connectivity index (χ0) is 14.6. The van der Waals surface area contributed by atoms with Crippen molar-refractivity contribution in [3.8, 4) is 5.75 Å². The number of esters is 1. The third kappa shape index (κ3) is 5.30. The maximum Gasteiger partial charge on any atom is 0.323 e. The average molecular weight is 310 g/mol. The van der Waals surface area contributed by atoms with Gasteiger partial charge in [0.1, 0.15) is 24.1 Å². The van der Waals surface area contributed by atoms with Gasteiger partial charge in [0.15, 0.2) is 11.6 Å². The highest BCUT2D eigenvalue weighted by molar-refractivity contribution is 5.85. The van der Waals surface area contributed by atoms with Crippen LogP contribution in [0, 0.1) is 11.6 Å². The fourth-order valence-corrected chi connectivity index (χ4v) is 1.25. The molecule has 0 bridgehead atoms. The van der Waals surface area contributed by atoms with E-state index in [4.69, 9.17) is 15.2 Å². The minimum Gasteiger partial charge on any atom is -0.484 e. The van der Waals surface area contributed by atoms with E-state index in [0.29, 0.717) is 0 Å². The van der Waals surface area contributed by atoms with Crippen molar-refractivity contribution in [3.63, 3.8) is 0 Å². The Labute approximate surface area is 122 Å². The molecule has 7 heteroatoms. The number of hydrogen-bond donors (Lipinski definition) is 1. The second-order valence-electron chi connectivity index (χ2n) is 4.33. The maximum atomic E-state index is 13.4. The molecule has 0 fully saturated rings. The second kappa shape index (κ2) is 8.01. The maximum absolute atomic E-state index is 13.4. The summed E-state index contributed by atoms with van der Waals surface area (Å²) in [6, 6.07) is 2.15. The van der Waals surface area contributed by atoms with Gasteiger partial charge in [0.2, 0.25) is 0 Å². The number of halogens is 3. The van der Waals surface area contributed by atoms with E-state index in [2.05, 4.69) is 0 Å². The highest BCUT2D eigenvalue weighted by Crippen LogP contribution is 2.20. The molecule has 0 radical (unpaired) electrons. The van der Waals surface area contributed by atoms with Gasteiger partial charge in [0.05, 0.1) is 0 Å². The minimum atomic E-state index is -0.749. The predicted molar refractivity (Wildman–Crippen MR) is 72.9 cm³/mol. The molecule has 0 saturated carbocycles. The van der Waals surface area contributed by atoms with E-state index in [-0.39, 0.29) is 18.2 Å². The van der Waals surface area contributed by atoms with Crippen LogP contribution in [-0.2, 0) is 9.53 Å². The fraction of sp³-hybridized carbons (Fsp3) is 0.462. The number of carbonyl (C=O) groups excluding carboxylic acids is 1. The Kier molecular flexibility index (Phi) is 7.45. The minimum absolute atomic E-state index is 0. The van der Waals surface area contributed by atoms with Gasteiger partial charge in [0, 0.05) is 6.07 Å². The van der Waals surface area contributed by atoms with Crippen molar-refractivity contribution in [1.29, 1.82) is 0 Å². The number of carbonyl (C=O) groups is 1. The van der Waals surface area contributed by atoms with Crippen LogP contribution in [-0.4, -0.2) is 24.2 Å². The molecule has 1 aromatic carbocycles. The molecule has 0 aromatic heterocycles. The Morgan fingerprint density at radius 1 is 1.20 bits per heavy atom. The van der Waals surface area contributed by atoms with Crippen LogP contribution in [0.5, 0.6) is 5.75 Å². The summed E-state index contributed by atoms with van der Waals surface area (Å²) in [5, 5.41) is 0. The van der Waals surface area contributed by atoms with Crippen LogP contribution in [0.15, 0.2) is 18.2 Å². The van der Waals surface area contributed by atoms with Gasteiger partial charge in [-0.25, -0.2) is 8.78 Å². The van der Waals surface area contributed by atoms with Gasteiger partial charge in [-0.1, -0.05) is 0 Å². The molecule has 0 saturated heterocycles. The molecule has 0 amide bonds. The Morgan fingerprint density at radius 3 is 2.35 bits per heavy atom. The van der Waals surface area contributed by atoms with Gasteiger partial charge < -0.3 is 15.2 Å². The summed E-state index contributed by atoms with van der Waals surface area (Å²) in [5.41, 5.74) is 5.36. The van der Waals surface area contributed by atoms with E-state index in [1.165, 1.54) is 6.92 Å². The van der Waals surface area contributed by atoms with E-state index in [1.807, 2.05) is 0 Å². The predicted octanol–water partition coefficient (Wildman–Crippen LogP) is 2.43. The molecule has 114 valence electrons. The lowest BCUT2D eigenvalue weighted by molar-refractivity contribution is -0.153. The van der Waals surface area contributed by atoms with E-state index in [1.54, 1.807) is 13.8 Å². The first kappa shape index (κ1) is 18.6. The molecule has 0 heterocycles. The van der Waals surface area contributed by atoms with E-state index in [0.717, 1.165) is 18.2 Å². The molecule has 20 heavy (non-hydrogen) atoms. The Morgan fingerprint density at radius 2 is 1.80 bits per heavy atom.